The summed E-state index contributed by atoms with van der Waals surface area (Å²) in [5.41, 5.74) is 0.195. The second kappa shape index (κ2) is 5.80. The van der Waals surface area contributed by atoms with Crippen LogP contribution in [-0.2, 0) is 18.9 Å². The van der Waals surface area contributed by atoms with Crippen LogP contribution in [-0.4, -0.2) is 24.6 Å². The average molecular weight is 327 g/mol. The lowest BCUT2D eigenvalue weighted by atomic mass is 10.2. The Kier molecular flexibility index (Phi) is 3.80. The fourth-order valence-electron chi connectivity index (χ4n) is 2.55. The van der Waals surface area contributed by atoms with E-state index < -0.39 is 17.3 Å². The molecule has 0 spiro atoms. The topological polar surface area (TPSA) is 90.9 Å². The maximum absolute atomic E-state index is 12.5. The number of hydrogen-bond donors (Lipinski definition) is 1. The van der Waals surface area contributed by atoms with Crippen LogP contribution in [0.4, 0.5) is 5.69 Å². The van der Waals surface area contributed by atoms with Crippen LogP contribution in [0.3, 0.4) is 0 Å². The number of carbonyl (C=O) groups is 1. The number of hydrogen-bond acceptors (Lipinski definition) is 4. The van der Waals surface area contributed by atoms with Crippen LogP contribution < -0.4 is 16.6 Å². The lowest BCUT2D eigenvalue weighted by Gasteiger charge is -2.14. The van der Waals surface area contributed by atoms with Crippen molar-refractivity contribution in [3.05, 3.63) is 57.5 Å². The van der Waals surface area contributed by atoms with Crippen molar-refractivity contribution >= 4 is 22.8 Å². The van der Waals surface area contributed by atoms with Gasteiger partial charge in [-0.2, -0.15) is 0 Å². The van der Waals surface area contributed by atoms with Gasteiger partial charge in [-0.25, -0.2) is 9.78 Å². The second-order valence-corrected chi connectivity index (χ2v) is 5.56. The second-order valence-electron chi connectivity index (χ2n) is 5.56. The van der Waals surface area contributed by atoms with Crippen LogP contribution in [0, 0.1) is 0 Å². The highest BCUT2D eigenvalue weighted by atomic mass is 16.2. The Morgan fingerprint density at radius 3 is 2.46 bits per heavy atom. The molecule has 3 rings (SSSR count). The molecule has 0 aliphatic carbocycles. The molecule has 24 heavy (non-hydrogen) atoms. The number of nitrogens with one attached hydrogen (secondary N) is 1. The highest BCUT2D eigenvalue weighted by Crippen LogP contribution is 2.15. The van der Waals surface area contributed by atoms with E-state index in [2.05, 4.69) is 10.3 Å². The molecule has 0 fully saturated rings. The SMILES string of the molecule is CC(C(=O)Nc1ccccc1)n1cnc2c1c(=O)n(C)c(=O)n2C. The number of benzene rings is 1. The van der Waals surface area contributed by atoms with Crippen LogP contribution in [0.2, 0.25) is 0 Å². The van der Waals surface area contributed by atoms with Gasteiger partial charge < -0.3 is 9.88 Å². The van der Waals surface area contributed by atoms with Gasteiger partial charge in [-0.05, 0) is 19.1 Å². The molecule has 1 unspecified atom stereocenters. The van der Waals surface area contributed by atoms with Crippen molar-refractivity contribution in [3.8, 4) is 0 Å². The minimum absolute atomic E-state index is 0.218. The average Bonchev–Trinajstić information content (AvgIpc) is 3.03. The molecule has 1 aromatic carbocycles. The highest BCUT2D eigenvalue weighted by molar-refractivity contribution is 5.94. The number of rotatable bonds is 3. The summed E-state index contributed by atoms with van der Waals surface area (Å²) in [6, 6.07) is 8.38. The van der Waals surface area contributed by atoms with Crippen LogP contribution in [0.1, 0.15) is 13.0 Å². The number of nitrogens with zero attached hydrogens (tertiary/aromatic N) is 4. The van der Waals surface area contributed by atoms with Crippen molar-refractivity contribution in [2.24, 2.45) is 14.1 Å². The molecule has 1 atom stereocenters. The van der Waals surface area contributed by atoms with Crippen LogP contribution in [0.15, 0.2) is 46.2 Å². The fraction of sp³-hybridized carbons (Fsp3) is 0.250. The summed E-state index contributed by atoms with van der Waals surface area (Å²) < 4.78 is 3.77. The monoisotopic (exact) mass is 327 g/mol. The Hall–Kier alpha value is -3.16. The van der Waals surface area contributed by atoms with E-state index in [0.29, 0.717) is 5.69 Å². The van der Waals surface area contributed by atoms with Gasteiger partial charge in [0.05, 0.1) is 6.33 Å². The summed E-state index contributed by atoms with van der Waals surface area (Å²) in [6.07, 6.45) is 1.40. The summed E-state index contributed by atoms with van der Waals surface area (Å²) in [7, 11) is 2.94. The normalized spacial score (nSPS) is 12.3. The third-order valence-corrected chi connectivity index (χ3v) is 4.01. The quantitative estimate of drug-likeness (QED) is 0.764. The van der Waals surface area contributed by atoms with Gasteiger partial charge >= 0.3 is 5.69 Å². The van der Waals surface area contributed by atoms with Gasteiger partial charge in [-0.15, -0.1) is 0 Å². The molecule has 124 valence electrons. The van der Waals surface area contributed by atoms with Crippen molar-refractivity contribution in [1.82, 2.24) is 18.7 Å². The van der Waals surface area contributed by atoms with E-state index in [1.165, 1.54) is 29.6 Å². The zero-order valence-electron chi connectivity index (χ0n) is 13.6. The third-order valence-electron chi connectivity index (χ3n) is 4.01. The van der Waals surface area contributed by atoms with Gasteiger partial charge in [0, 0.05) is 19.8 Å². The lowest BCUT2D eigenvalue weighted by Crippen LogP contribution is -2.38. The Bertz CT molecular complexity index is 1030. The number of aryl methyl sites for hydroxylation is 1. The molecule has 0 aliphatic rings. The van der Waals surface area contributed by atoms with E-state index in [1.807, 2.05) is 18.2 Å². The zero-order chi connectivity index (χ0) is 17.4. The minimum atomic E-state index is -0.666. The van der Waals surface area contributed by atoms with E-state index in [0.717, 1.165) is 4.57 Å². The number of anilines is 1. The fourth-order valence-corrected chi connectivity index (χ4v) is 2.55. The molecule has 8 nitrogen and oxygen atoms in total. The van der Waals surface area contributed by atoms with Crippen molar-refractivity contribution in [3.63, 3.8) is 0 Å². The van der Waals surface area contributed by atoms with E-state index in [4.69, 9.17) is 0 Å². The Morgan fingerprint density at radius 1 is 1.12 bits per heavy atom. The Balaban J connectivity index is 2.05. The van der Waals surface area contributed by atoms with Crippen molar-refractivity contribution in [1.29, 1.82) is 0 Å². The van der Waals surface area contributed by atoms with E-state index >= 15 is 0 Å². The van der Waals surface area contributed by atoms with Gasteiger partial charge in [-0.1, -0.05) is 18.2 Å². The Morgan fingerprint density at radius 2 is 1.79 bits per heavy atom. The zero-order valence-corrected chi connectivity index (χ0v) is 13.6. The maximum atomic E-state index is 12.5. The Labute approximate surface area is 137 Å². The van der Waals surface area contributed by atoms with Gasteiger partial charge in [0.1, 0.15) is 6.04 Å². The van der Waals surface area contributed by atoms with Gasteiger partial charge in [0.25, 0.3) is 5.56 Å². The van der Waals surface area contributed by atoms with Gasteiger partial charge in [0.2, 0.25) is 5.91 Å². The van der Waals surface area contributed by atoms with Crippen LogP contribution in [0.5, 0.6) is 0 Å². The van der Waals surface area contributed by atoms with Crippen molar-refractivity contribution in [2.75, 3.05) is 5.32 Å². The number of amides is 1. The maximum Gasteiger partial charge on any atom is 0.332 e. The van der Waals surface area contributed by atoms with Crippen molar-refractivity contribution < 1.29 is 4.79 Å². The highest BCUT2D eigenvalue weighted by Gasteiger charge is 2.21. The standard InChI is InChI=1S/C16H17N5O3/c1-10(14(22)18-11-7-5-4-6-8-11)21-9-17-13-12(21)15(23)20(3)16(24)19(13)2/h4-10H,1-3H3,(H,18,22). The van der Waals surface area contributed by atoms with Crippen LogP contribution in [0.25, 0.3) is 11.2 Å². The molecular weight excluding hydrogens is 310 g/mol. The third kappa shape index (κ3) is 2.41. The van der Waals surface area contributed by atoms with Gasteiger partial charge in [0.15, 0.2) is 11.2 Å². The summed E-state index contributed by atoms with van der Waals surface area (Å²) in [6.45, 7) is 1.67. The van der Waals surface area contributed by atoms with Crippen molar-refractivity contribution in [2.45, 2.75) is 13.0 Å². The molecule has 2 aromatic heterocycles. The predicted octanol–water partition coefficient (Wildman–Crippen LogP) is 0.633. The summed E-state index contributed by atoms with van der Waals surface area (Å²) in [5.74, 6) is -0.281. The lowest BCUT2D eigenvalue weighted by molar-refractivity contribution is -0.118. The molecule has 0 saturated heterocycles. The molecule has 0 saturated carbocycles. The van der Waals surface area contributed by atoms with E-state index in [-0.39, 0.29) is 17.1 Å². The molecule has 0 aliphatic heterocycles. The summed E-state index contributed by atoms with van der Waals surface area (Å²) in [5, 5.41) is 2.79. The van der Waals surface area contributed by atoms with E-state index in [1.54, 1.807) is 19.1 Å². The number of carbonyl (C=O) groups excluding carboxylic acids is 1. The van der Waals surface area contributed by atoms with Crippen LogP contribution >= 0.6 is 0 Å². The first kappa shape index (κ1) is 15.7. The first-order valence-electron chi connectivity index (χ1n) is 7.40. The predicted molar refractivity (Wildman–Crippen MR) is 90.0 cm³/mol. The number of fused-ring (bicyclic) bond motifs is 1. The number of para-hydroxylation sites is 1. The number of aromatic nitrogens is 4. The molecule has 0 bridgehead atoms. The van der Waals surface area contributed by atoms with E-state index in [9.17, 15) is 14.4 Å². The molecule has 2 heterocycles. The first-order chi connectivity index (χ1) is 11.4. The molecule has 1 amide bonds. The number of imidazole rings is 1. The molecule has 8 heteroatoms. The molecule has 1 N–H and O–H groups in total. The first-order valence-corrected chi connectivity index (χ1v) is 7.40. The molecular formula is C16H17N5O3. The van der Waals surface area contributed by atoms with Gasteiger partial charge in [-0.3, -0.25) is 18.7 Å². The minimum Gasteiger partial charge on any atom is -0.324 e. The molecule has 3 aromatic rings. The molecule has 0 radical (unpaired) electrons. The summed E-state index contributed by atoms with van der Waals surface area (Å²) in [4.78, 5) is 41.0. The summed E-state index contributed by atoms with van der Waals surface area (Å²) >= 11 is 0. The smallest absolute Gasteiger partial charge is 0.324 e. The largest absolute Gasteiger partial charge is 0.332 e.